The molecule has 28 heavy (non-hydrogen) atoms. The Labute approximate surface area is 190 Å². The summed E-state index contributed by atoms with van der Waals surface area (Å²) in [4.78, 5) is 0. The largest absolute Gasteiger partial charge is 0.379 e. The van der Waals surface area contributed by atoms with Gasteiger partial charge in [0, 0.05) is 3.57 Å². The lowest BCUT2D eigenvalue weighted by Gasteiger charge is -2.18. The molecule has 0 aliphatic rings. The van der Waals surface area contributed by atoms with E-state index in [0.717, 1.165) is 0 Å². The van der Waals surface area contributed by atoms with Gasteiger partial charge in [0.25, 0.3) is 0 Å². The maximum Gasteiger partial charge on any atom is 0.379 e. The Bertz CT molecular complexity index is 728. The molecule has 0 aliphatic carbocycles. The first-order valence-electron chi connectivity index (χ1n) is 8.61. The fourth-order valence-electron chi connectivity index (χ4n) is 2.03. The molecule has 0 saturated heterocycles. The lowest BCUT2D eigenvalue weighted by Crippen LogP contribution is -3.61. The minimum Gasteiger partial charge on any atom is -0.174 e. The highest BCUT2D eigenvalue weighted by atomic mass is 127. The molecule has 0 aliphatic heterocycles. The molecule has 0 nitrogen and oxygen atoms in total. The Hall–Kier alpha value is -1.09. The zero-order chi connectivity index (χ0) is 21.0. The summed E-state index contributed by atoms with van der Waals surface area (Å²) in [7, 11) is 0. The second-order valence-electron chi connectivity index (χ2n) is 6.69. The molecule has 0 fully saturated rings. The van der Waals surface area contributed by atoms with E-state index in [1.54, 1.807) is 0 Å². The van der Waals surface area contributed by atoms with Crippen molar-refractivity contribution in [2.45, 2.75) is 32.9 Å². The quantitative estimate of drug-likeness (QED) is 0.373. The third-order valence-electron chi connectivity index (χ3n) is 3.39. The molecular formula is C23H24F3I2+. The van der Waals surface area contributed by atoms with Crippen LogP contribution in [0.4, 0.5) is 13.2 Å². The molecule has 0 unspecified atom stereocenters. The maximum absolute atomic E-state index is 9.67. The van der Waals surface area contributed by atoms with E-state index in [0.29, 0.717) is 0 Å². The SMILES string of the molecule is CC(C)(C)c1ccc(I)cc1.FC(F)F.c1ccc([I+]c2ccccc2)cc1. The highest BCUT2D eigenvalue weighted by Gasteiger charge is 2.13. The van der Waals surface area contributed by atoms with Gasteiger partial charge in [-0.3, -0.25) is 0 Å². The molecule has 0 spiro atoms. The van der Waals surface area contributed by atoms with Gasteiger partial charge < -0.3 is 0 Å². The monoisotopic (exact) mass is 611 g/mol. The summed E-state index contributed by atoms with van der Waals surface area (Å²) in [5.41, 5.74) is 1.68. The summed E-state index contributed by atoms with van der Waals surface area (Å²) in [5.74, 6) is 0. The third-order valence-corrected chi connectivity index (χ3v) is 6.80. The van der Waals surface area contributed by atoms with Gasteiger partial charge in [-0.25, -0.2) is 0 Å². The van der Waals surface area contributed by atoms with Crippen LogP contribution in [-0.4, -0.2) is 6.68 Å². The molecule has 5 heteroatoms. The summed E-state index contributed by atoms with van der Waals surface area (Å²) < 4.78 is 33.3. The van der Waals surface area contributed by atoms with Gasteiger partial charge in [-0.05, 0) is 70.0 Å². The molecule has 0 amide bonds. The number of hydrogen-bond donors (Lipinski definition) is 0. The Morgan fingerprint density at radius 3 is 1.36 bits per heavy atom. The Balaban J connectivity index is 0.000000239. The molecular weight excluding hydrogens is 587 g/mol. The van der Waals surface area contributed by atoms with Gasteiger partial charge in [0.05, 0.1) is 0 Å². The van der Waals surface area contributed by atoms with Gasteiger partial charge in [0.1, 0.15) is 0 Å². The molecule has 0 bridgehead atoms. The van der Waals surface area contributed by atoms with Crippen molar-refractivity contribution in [1.29, 1.82) is 0 Å². The number of benzene rings is 3. The Kier molecular flexibility index (Phi) is 11.8. The molecule has 0 atom stereocenters. The molecule has 0 radical (unpaired) electrons. The fourth-order valence-corrected chi connectivity index (χ4v) is 4.66. The van der Waals surface area contributed by atoms with Gasteiger partial charge in [0.2, 0.25) is 0 Å². The van der Waals surface area contributed by atoms with Crippen molar-refractivity contribution in [2.24, 2.45) is 0 Å². The topological polar surface area (TPSA) is 0 Å². The van der Waals surface area contributed by atoms with E-state index in [2.05, 4.69) is 128 Å². The number of alkyl halides is 3. The average molecular weight is 611 g/mol. The molecule has 0 heterocycles. The zero-order valence-corrected chi connectivity index (χ0v) is 20.4. The van der Waals surface area contributed by atoms with Gasteiger partial charge in [-0.1, -0.05) is 69.3 Å². The summed E-state index contributed by atoms with van der Waals surface area (Å²) in [5, 5.41) is 0. The summed E-state index contributed by atoms with van der Waals surface area (Å²) in [6.45, 7) is 3.03. The number of halogens is 5. The van der Waals surface area contributed by atoms with Crippen LogP contribution in [0.2, 0.25) is 0 Å². The molecule has 3 rings (SSSR count). The smallest absolute Gasteiger partial charge is 0.174 e. The van der Waals surface area contributed by atoms with Crippen LogP contribution in [0.15, 0.2) is 84.9 Å². The summed E-state index contributed by atoms with van der Waals surface area (Å²) in [6, 6.07) is 30.1. The van der Waals surface area contributed by atoms with Gasteiger partial charge in [0.15, 0.2) is 7.14 Å². The molecule has 0 aromatic heterocycles. The van der Waals surface area contributed by atoms with Crippen LogP contribution in [0.1, 0.15) is 26.3 Å². The second kappa shape index (κ2) is 13.2. The maximum atomic E-state index is 9.67. The standard InChI is InChI=1S/C12H10I.C10H13I.CHF3/c1-3-7-11(8-4-1)13-12-9-5-2-6-10-12;1-10(2,3)8-4-6-9(11)7-5-8;2-1(3)4/h1-10H;4-7H,1-3H3;1H/q+1;;. The number of hydrogen-bond acceptors (Lipinski definition) is 0. The number of rotatable bonds is 2. The van der Waals surface area contributed by atoms with Crippen LogP contribution >= 0.6 is 22.6 Å². The minimum absolute atomic E-state index is 0.0287. The van der Waals surface area contributed by atoms with E-state index in [9.17, 15) is 13.2 Å². The first-order valence-corrected chi connectivity index (χ1v) is 11.9. The molecule has 150 valence electrons. The highest BCUT2D eigenvalue weighted by Crippen LogP contribution is 2.22. The van der Waals surface area contributed by atoms with Crippen LogP contribution < -0.4 is 21.2 Å². The van der Waals surface area contributed by atoms with Crippen molar-refractivity contribution < 1.29 is 34.4 Å². The molecule has 0 N–H and O–H groups in total. The molecule has 3 aromatic rings. The molecule has 3 aromatic carbocycles. The highest BCUT2D eigenvalue weighted by molar-refractivity contribution is 14.1. The first kappa shape index (κ1) is 24.9. The summed E-state index contributed by atoms with van der Waals surface area (Å²) in [6.07, 6.45) is 0. The first-order chi connectivity index (χ1) is 13.2. The predicted molar refractivity (Wildman–Crippen MR) is 115 cm³/mol. The Morgan fingerprint density at radius 2 is 1.04 bits per heavy atom. The average Bonchev–Trinajstić information content (AvgIpc) is 2.63. The van der Waals surface area contributed by atoms with Gasteiger partial charge >= 0.3 is 27.9 Å². The van der Waals surface area contributed by atoms with E-state index >= 15 is 0 Å². The zero-order valence-electron chi connectivity index (χ0n) is 16.1. The summed E-state index contributed by atoms with van der Waals surface area (Å²) >= 11 is 2.35. The van der Waals surface area contributed by atoms with Crippen molar-refractivity contribution in [2.75, 3.05) is 0 Å². The lowest BCUT2D eigenvalue weighted by atomic mass is 9.87. The van der Waals surface area contributed by atoms with Crippen molar-refractivity contribution in [3.05, 3.63) is 101 Å². The van der Waals surface area contributed by atoms with Crippen LogP contribution in [-0.2, 0) is 5.41 Å². The predicted octanol–water partition coefficient (Wildman–Crippen LogP) is 4.58. The van der Waals surface area contributed by atoms with Crippen molar-refractivity contribution in [3.8, 4) is 0 Å². The fraction of sp³-hybridized carbons (Fsp3) is 0.217. The van der Waals surface area contributed by atoms with E-state index < -0.39 is 6.68 Å². The van der Waals surface area contributed by atoms with Crippen molar-refractivity contribution in [1.82, 2.24) is 0 Å². The van der Waals surface area contributed by atoms with Crippen molar-refractivity contribution >= 4 is 22.6 Å². The van der Waals surface area contributed by atoms with E-state index in [-0.39, 0.29) is 26.6 Å². The lowest BCUT2D eigenvalue weighted by molar-refractivity contribution is -0.597. The van der Waals surface area contributed by atoms with E-state index in [1.165, 1.54) is 16.3 Å². The van der Waals surface area contributed by atoms with Gasteiger partial charge in [-0.15, -0.1) is 0 Å². The normalized spacial score (nSPS) is 10.4. The van der Waals surface area contributed by atoms with E-state index in [4.69, 9.17) is 0 Å². The minimum atomic E-state index is -3.67. The molecule has 0 saturated carbocycles. The van der Waals surface area contributed by atoms with Crippen LogP contribution in [0.3, 0.4) is 0 Å². The van der Waals surface area contributed by atoms with E-state index in [1.807, 2.05) is 0 Å². The third kappa shape index (κ3) is 11.7. The Morgan fingerprint density at radius 1 is 0.679 bits per heavy atom. The van der Waals surface area contributed by atoms with Crippen LogP contribution in [0, 0.1) is 10.7 Å². The van der Waals surface area contributed by atoms with Crippen molar-refractivity contribution in [3.63, 3.8) is 0 Å². The van der Waals surface area contributed by atoms with Crippen LogP contribution in [0.5, 0.6) is 0 Å². The second-order valence-corrected chi connectivity index (χ2v) is 11.0. The van der Waals surface area contributed by atoms with Crippen LogP contribution in [0.25, 0.3) is 0 Å². The van der Waals surface area contributed by atoms with Gasteiger partial charge in [-0.2, -0.15) is 13.2 Å².